The Bertz CT molecular complexity index is 892. The fourth-order valence-electron chi connectivity index (χ4n) is 3.49. The first-order valence-electron chi connectivity index (χ1n) is 8.79. The monoisotopic (exact) mass is 363 g/mol. The first kappa shape index (κ1) is 17.9. The van der Waals surface area contributed by atoms with Crippen LogP contribution in [0.3, 0.4) is 0 Å². The van der Waals surface area contributed by atoms with E-state index < -0.39 is 10.0 Å². The van der Waals surface area contributed by atoms with E-state index in [0.717, 1.165) is 36.8 Å². The van der Waals surface area contributed by atoms with Crippen LogP contribution in [0.4, 0.5) is 0 Å². The van der Waals surface area contributed by atoms with Gasteiger partial charge in [-0.15, -0.1) is 0 Å². The van der Waals surface area contributed by atoms with Crippen molar-refractivity contribution in [3.05, 3.63) is 30.0 Å². The number of hydrogen-bond acceptors (Lipinski definition) is 3. The van der Waals surface area contributed by atoms with E-state index in [2.05, 4.69) is 0 Å². The van der Waals surface area contributed by atoms with Crippen LogP contribution in [0.2, 0.25) is 0 Å². The number of fused-ring (bicyclic) bond motifs is 1. The minimum Gasteiger partial charge on any atom is -0.340 e. The summed E-state index contributed by atoms with van der Waals surface area (Å²) in [7, 11) is -1.65. The zero-order valence-electron chi connectivity index (χ0n) is 15.0. The lowest BCUT2D eigenvalue weighted by atomic mass is 10.2. The Balaban J connectivity index is 2.03. The fraction of sp³-hybridized carbons (Fsp3) is 0.500. The summed E-state index contributed by atoms with van der Waals surface area (Å²) in [6.45, 7) is 6.11. The predicted molar refractivity (Wildman–Crippen MR) is 98.2 cm³/mol. The van der Waals surface area contributed by atoms with Crippen molar-refractivity contribution in [1.82, 2.24) is 13.8 Å². The van der Waals surface area contributed by atoms with Crippen LogP contribution in [-0.2, 0) is 17.1 Å². The topological polar surface area (TPSA) is 62.6 Å². The molecule has 1 saturated heterocycles. The molecule has 0 aliphatic carbocycles. The minimum atomic E-state index is -3.50. The van der Waals surface area contributed by atoms with Gasteiger partial charge in [-0.2, -0.15) is 4.31 Å². The number of amides is 1. The summed E-state index contributed by atoms with van der Waals surface area (Å²) in [5.74, 6) is 0.0179. The lowest BCUT2D eigenvalue weighted by Crippen LogP contribution is -2.30. The molecule has 7 heteroatoms. The summed E-state index contributed by atoms with van der Waals surface area (Å²) in [5.41, 5.74) is 1.47. The molecule has 136 valence electrons. The molecule has 25 heavy (non-hydrogen) atoms. The van der Waals surface area contributed by atoms with Crippen molar-refractivity contribution >= 4 is 26.8 Å². The number of nitrogens with zero attached hydrogens (tertiary/aromatic N) is 3. The average molecular weight is 363 g/mol. The van der Waals surface area contributed by atoms with Gasteiger partial charge in [0.1, 0.15) is 5.69 Å². The fourth-order valence-corrected chi connectivity index (χ4v) is 4.98. The summed E-state index contributed by atoms with van der Waals surface area (Å²) in [4.78, 5) is 14.8. The maximum atomic E-state index is 12.7. The van der Waals surface area contributed by atoms with E-state index in [4.69, 9.17) is 0 Å². The molecule has 0 radical (unpaired) electrons. The average Bonchev–Trinajstić information content (AvgIpc) is 3.23. The van der Waals surface area contributed by atoms with Crippen molar-refractivity contribution in [2.45, 2.75) is 31.6 Å². The molecule has 1 aliphatic rings. The summed E-state index contributed by atoms with van der Waals surface area (Å²) in [6.07, 6.45) is 2.09. The van der Waals surface area contributed by atoms with Crippen LogP contribution < -0.4 is 0 Å². The summed E-state index contributed by atoms with van der Waals surface area (Å²) in [5, 5.41) is 0.776. The number of sulfonamides is 1. The molecule has 0 N–H and O–H groups in total. The highest BCUT2D eigenvalue weighted by molar-refractivity contribution is 7.89. The standard InChI is InChI=1S/C18H25N3O3S/c1-4-21(5-2)25(23,24)15-8-9-16-14(12-15)13-17(19(16)3)18(22)20-10-6-7-11-20/h8-9,12-13H,4-7,10-11H2,1-3H3. The van der Waals surface area contributed by atoms with Crippen LogP contribution in [0.1, 0.15) is 37.2 Å². The van der Waals surface area contributed by atoms with Crippen LogP contribution in [0.5, 0.6) is 0 Å². The Morgan fingerprint density at radius 3 is 2.36 bits per heavy atom. The second-order valence-corrected chi connectivity index (χ2v) is 8.34. The van der Waals surface area contributed by atoms with Crippen LogP contribution in [0.25, 0.3) is 10.9 Å². The number of likely N-dealkylation sites (tertiary alicyclic amines) is 1. The van der Waals surface area contributed by atoms with Gasteiger partial charge in [-0.05, 0) is 37.1 Å². The van der Waals surface area contributed by atoms with Gasteiger partial charge in [0.25, 0.3) is 5.91 Å². The van der Waals surface area contributed by atoms with Crippen LogP contribution in [-0.4, -0.2) is 54.3 Å². The maximum absolute atomic E-state index is 12.7. The summed E-state index contributed by atoms with van der Waals surface area (Å²) in [6, 6.07) is 6.88. The zero-order chi connectivity index (χ0) is 18.2. The van der Waals surface area contributed by atoms with Crippen molar-refractivity contribution in [3.8, 4) is 0 Å². The van der Waals surface area contributed by atoms with E-state index in [1.807, 2.05) is 30.4 Å². The minimum absolute atomic E-state index is 0.0179. The number of rotatable bonds is 5. The van der Waals surface area contributed by atoms with E-state index in [1.54, 1.807) is 24.3 Å². The highest BCUT2D eigenvalue weighted by Crippen LogP contribution is 2.25. The van der Waals surface area contributed by atoms with Crippen LogP contribution in [0.15, 0.2) is 29.2 Å². The summed E-state index contributed by atoms with van der Waals surface area (Å²) < 4.78 is 28.7. The normalized spacial score (nSPS) is 15.4. The second kappa shape index (κ2) is 6.80. The van der Waals surface area contributed by atoms with Crippen molar-refractivity contribution in [3.63, 3.8) is 0 Å². The number of aryl methyl sites for hydroxylation is 1. The van der Waals surface area contributed by atoms with Crippen LogP contribution >= 0.6 is 0 Å². The van der Waals surface area contributed by atoms with Crippen molar-refractivity contribution in [1.29, 1.82) is 0 Å². The Hall–Kier alpha value is -1.86. The van der Waals surface area contributed by atoms with Gasteiger partial charge in [0.15, 0.2) is 0 Å². The molecule has 0 saturated carbocycles. The highest BCUT2D eigenvalue weighted by atomic mass is 32.2. The predicted octanol–water partition coefficient (Wildman–Crippen LogP) is 2.44. The van der Waals surface area contributed by atoms with Gasteiger partial charge in [-0.1, -0.05) is 13.8 Å². The Morgan fingerprint density at radius 1 is 1.12 bits per heavy atom. The Kier molecular flexibility index (Phi) is 4.88. The van der Waals surface area contributed by atoms with E-state index in [0.29, 0.717) is 18.8 Å². The molecular formula is C18H25N3O3S. The van der Waals surface area contributed by atoms with Gasteiger partial charge in [0.2, 0.25) is 10.0 Å². The van der Waals surface area contributed by atoms with Gasteiger partial charge < -0.3 is 9.47 Å². The summed E-state index contributed by atoms with van der Waals surface area (Å²) >= 11 is 0. The molecule has 2 aromatic rings. The van der Waals surface area contributed by atoms with Gasteiger partial charge in [0, 0.05) is 44.1 Å². The molecule has 6 nitrogen and oxygen atoms in total. The molecule has 1 aromatic heterocycles. The second-order valence-electron chi connectivity index (χ2n) is 6.40. The molecule has 0 bridgehead atoms. The third-order valence-corrected chi connectivity index (χ3v) is 7.02. The molecule has 2 heterocycles. The Labute approximate surface area is 149 Å². The number of carbonyl (C=O) groups is 1. The molecule has 3 rings (SSSR count). The van der Waals surface area contributed by atoms with Crippen molar-refractivity contribution in [2.24, 2.45) is 7.05 Å². The number of benzene rings is 1. The van der Waals surface area contributed by atoms with E-state index in [-0.39, 0.29) is 10.8 Å². The van der Waals surface area contributed by atoms with Crippen molar-refractivity contribution in [2.75, 3.05) is 26.2 Å². The molecular weight excluding hydrogens is 338 g/mol. The van der Waals surface area contributed by atoms with E-state index in [1.165, 1.54) is 4.31 Å². The zero-order valence-corrected chi connectivity index (χ0v) is 15.8. The lowest BCUT2D eigenvalue weighted by molar-refractivity contribution is 0.0784. The van der Waals surface area contributed by atoms with Gasteiger partial charge in [-0.25, -0.2) is 8.42 Å². The maximum Gasteiger partial charge on any atom is 0.270 e. The molecule has 1 aliphatic heterocycles. The number of hydrogen-bond donors (Lipinski definition) is 0. The van der Waals surface area contributed by atoms with Crippen molar-refractivity contribution < 1.29 is 13.2 Å². The third kappa shape index (κ3) is 3.06. The lowest BCUT2D eigenvalue weighted by Gasteiger charge is -2.18. The number of aromatic nitrogens is 1. The van der Waals surface area contributed by atoms with Crippen LogP contribution in [0, 0.1) is 0 Å². The van der Waals surface area contributed by atoms with Gasteiger partial charge in [-0.3, -0.25) is 4.79 Å². The third-order valence-electron chi connectivity index (χ3n) is 4.97. The smallest absolute Gasteiger partial charge is 0.270 e. The first-order valence-corrected chi connectivity index (χ1v) is 10.2. The SMILES string of the molecule is CCN(CC)S(=O)(=O)c1ccc2c(c1)cc(C(=O)N1CCCC1)n2C. The molecule has 0 atom stereocenters. The quantitative estimate of drug-likeness (QED) is 0.820. The highest BCUT2D eigenvalue weighted by Gasteiger charge is 2.25. The Morgan fingerprint density at radius 2 is 1.76 bits per heavy atom. The first-order chi connectivity index (χ1) is 11.9. The molecule has 1 fully saturated rings. The number of carbonyl (C=O) groups excluding carboxylic acids is 1. The van der Waals surface area contributed by atoms with Gasteiger partial charge >= 0.3 is 0 Å². The molecule has 1 amide bonds. The molecule has 0 unspecified atom stereocenters. The molecule has 0 spiro atoms. The molecule has 1 aromatic carbocycles. The van der Waals surface area contributed by atoms with E-state index in [9.17, 15) is 13.2 Å². The van der Waals surface area contributed by atoms with E-state index >= 15 is 0 Å². The van der Waals surface area contributed by atoms with Gasteiger partial charge in [0.05, 0.1) is 4.90 Å². The largest absolute Gasteiger partial charge is 0.340 e.